The molecular formula is C11H20N2O3S. The third-order valence-electron chi connectivity index (χ3n) is 2.69. The van der Waals surface area contributed by atoms with Gasteiger partial charge in [-0.25, -0.2) is 4.79 Å². The average Bonchev–Trinajstić information content (AvgIpc) is 2.26. The summed E-state index contributed by atoms with van der Waals surface area (Å²) in [5.41, 5.74) is 0. The highest BCUT2D eigenvalue weighted by Gasteiger charge is 2.22. The van der Waals surface area contributed by atoms with Gasteiger partial charge in [-0.05, 0) is 13.3 Å². The van der Waals surface area contributed by atoms with Gasteiger partial charge in [-0.15, -0.1) is 0 Å². The zero-order chi connectivity index (χ0) is 12.8. The van der Waals surface area contributed by atoms with Crippen LogP contribution in [0, 0.1) is 0 Å². The third-order valence-corrected chi connectivity index (χ3v) is 3.83. The lowest BCUT2D eigenvalue weighted by Gasteiger charge is -2.31. The number of carbonyl (C=O) groups is 2. The topological polar surface area (TPSA) is 69.6 Å². The van der Waals surface area contributed by atoms with Gasteiger partial charge in [-0.3, -0.25) is 4.79 Å². The van der Waals surface area contributed by atoms with Gasteiger partial charge in [-0.1, -0.05) is 6.92 Å². The Labute approximate surface area is 106 Å². The molecular weight excluding hydrogens is 240 g/mol. The number of nitrogens with one attached hydrogen (secondary N) is 1. The molecule has 0 spiro atoms. The highest BCUT2D eigenvalue weighted by molar-refractivity contribution is 7.99. The number of amides is 2. The summed E-state index contributed by atoms with van der Waals surface area (Å²) < 4.78 is 0. The standard InChI is InChI=1S/C11H20N2O3S/c1-8(3-4-10(14)15)12-11(16)13-5-6-17-9(2)7-13/h8-9H,3-7H2,1-2H3,(H,12,16)(H,14,15). The number of urea groups is 1. The summed E-state index contributed by atoms with van der Waals surface area (Å²) in [4.78, 5) is 24.1. The molecule has 0 radical (unpaired) electrons. The summed E-state index contributed by atoms with van der Waals surface area (Å²) in [6, 6.07) is -0.168. The lowest BCUT2D eigenvalue weighted by Crippen LogP contribution is -2.48. The van der Waals surface area contributed by atoms with Crippen LogP contribution in [-0.4, -0.2) is 52.1 Å². The normalized spacial score (nSPS) is 22.0. The van der Waals surface area contributed by atoms with Crippen molar-refractivity contribution >= 4 is 23.8 Å². The van der Waals surface area contributed by atoms with E-state index in [1.807, 2.05) is 18.7 Å². The van der Waals surface area contributed by atoms with Gasteiger partial charge in [-0.2, -0.15) is 11.8 Å². The van der Waals surface area contributed by atoms with Crippen LogP contribution in [0.5, 0.6) is 0 Å². The molecule has 2 unspecified atom stereocenters. The fourth-order valence-corrected chi connectivity index (χ4v) is 2.73. The van der Waals surface area contributed by atoms with Gasteiger partial charge in [0.15, 0.2) is 0 Å². The van der Waals surface area contributed by atoms with Crippen molar-refractivity contribution in [3.63, 3.8) is 0 Å². The largest absolute Gasteiger partial charge is 0.481 e. The second-order valence-electron chi connectivity index (χ2n) is 4.41. The number of carboxylic acid groups (broad SMARTS) is 1. The molecule has 2 N–H and O–H groups in total. The number of aliphatic carboxylic acids is 1. The van der Waals surface area contributed by atoms with Gasteiger partial charge in [0.25, 0.3) is 0 Å². The molecule has 0 bridgehead atoms. The molecule has 0 aromatic carbocycles. The maximum atomic E-state index is 11.9. The van der Waals surface area contributed by atoms with E-state index in [1.165, 1.54) is 0 Å². The van der Waals surface area contributed by atoms with E-state index in [1.54, 1.807) is 4.90 Å². The number of nitrogens with zero attached hydrogens (tertiary/aromatic N) is 1. The highest BCUT2D eigenvalue weighted by atomic mass is 32.2. The van der Waals surface area contributed by atoms with E-state index >= 15 is 0 Å². The molecule has 1 rings (SSSR count). The second kappa shape index (κ2) is 6.74. The van der Waals surface area contributed by atoms with Gasteiger partial charge in [0.2, 0.25) is 0 Å². The smallest absolute Gasteiger partial charge is 0.317 e. The average molecular weight is 260 g/mol. The molecule has 0 aliphatic carbocycles. The minimum Gasteiger partial charge on any atom is -0.481 e. The maximum Gasteiger partial charge on any atom is 0.317 e. The third kappa shape index (κ3) is 5.30. The van der Waals surface area contributed by atoms with Crippen LogP contribution in [0.15, 0.2) is 0 Å². The van der Waals surface area contributed by atoms with Crippen molar-refractivity contribution in [2.45, 2.75) is 38.0 Å². The zero-order valence-corrected chi connectivity index (χ0v) is 11.1. The monoisotopic (exact) mass is 260 g/mol. The predicted molar refractivity (Wildman–Crippen MR) is 68.4 cm³/mol. The van der Waals surface area contributed by atoms with E-state index in [0.717, 1.165) is 18.8 Å². The van der Waals surface area contributed by atoms with Crippen molar-refractivity contribution in [1.82, 2.24) is 10.2 Å². The van der Waals surface area contributed by atoms with Crippen LogP contribution in [0.4, 0.5) is 4.79 Å². The summed E-state index contributed by atoms with van der Waals surface area (Å²) in [6.07, 6.45) is 0.562. The first-order chi connectivity index (χ1) is 7.99. The molecule has 0 aromatic rings. The molecule has 1 aliphatic rings. The number of rotatable bonds is 4. The Hall–Kier alpha value is -0.910. The predicted octanol–water partition coefficient (Wildman–Crippen LogP) is 1.39. The Kier molecular flexibility index (Phi) is 5.61. The van der Waals surface area contributed by atoms with Crippen molar-refractivity contribution in [3.8, 4) is 0 Å². The summed E-state index contributed by atoms with van der Waals surface area (Å²) >= 11 is 1.87. The molecule has 2 atom stereocenters. The van der Waals surface area contributed by atoms with Crippen molar-refractivity contribution in [2.75, 3.05) is 18.8 Å². The first-order valence-corrected chi connectivity index (χ1v) is 6.92. The molecule has 5 nitrogen and oxygen atoms in total. The van der Waals surface area contributed by atoms with Gasteiger partial charge in [0.05, 0.1) is 0 Å². The lowest BCUT2D eigenvalue weighted by molar-refractivity contribution is -0.137. The number of hydrogen-bond acceptors (Lipinski definition) is 3. The van der Waals surface area contributed by atoms with Gasteiger partial charge in [0, 0.05) is 36.6 Å². The van der Waals surface area contributed by atoms with Crippen molar-refractivity contribution < 1.29 is 14.7 Å². The van der Waals surface area contributed by atoms with E-state index in [-0.39, 0.29) is 18.5 Å². The first-order valence-electron chi connectivity index (χ1n) is 5.88. The SMILES string of the molecule is CC(CCC(=O)O)NC(=O)N1CCSC(C)C1. The fourth-order valence-electron chi connectivity index (χ4n) is 1.72. The van der Waals surface area contributed by atoms with Crippen molar-refractivity contribution in [3.05, 3.63) is 0 Å². The molecule has 1 heterocycles. The van der Waals surface area contributed by atoms with Crippen LogP contribution in [-0.2, 0) is 4.79 Å². The lowest BCUT2D eigenvalue weighted by atomic mass is 10.2. The Morgan fingerprint density at radius 2 is 2.29 bits per heavy atom. The van der Waals surface area contributed by atoms with Crippen LogP contribution < -0.4 is 5.32 Å². The summed E-state index contributed by atoms with van der Waals surface area (Å²) in [5, 5.41) is 11.9. The molecule has 0 saturated carbocycles. The van der Waals surface area contributed by atoms with E-state index in [4.69, 9.17) is 5.11 Å². The van der Waals surface area contributed by atoms with Crippen LogP contribution >= 0.6 is 11.8 Å². The second-order valence-corrected chi connectivity index (χ2v) is 5.96. The molecule has 17 heavy (non-hydrogen) atoms. The number of thioether (sulfide) groups is 1. The molecule has 1 fully saturated rings. The van der Waals surface area contributed by atoms with Crippen LogP contribution in [0.25, 0.3) is 0 Å². The number of carboxylic acids is 1. The first kappa shape index (κ1) is 14.2. The van der Waals surface area contributed by atoms with Crippen LogP contribution in [0.3, 0.4) is 0 Å². The van der Waals surface area contributed by atoms with Crippen molar-refractivity contribution in [2.24, 2.45) is 0 Å². The van der Waals surface area contributed by atoms with E-state index in [2.05, 4.69) is 12.2 Å². The minimum absolute atomic E-state index is 0.0740. The summed E-state index contributed by atoms with van der Waals surface area (Å²) in [5.74, 6) is 0.145. The molecule has 98 valence electrons. The molecule has 1 aliphatic heterocycles. The number of carbonyl (C=O) groups excluding carboxylic acids is 1. The van der Waals surface area contributed by atoms with Gasteiger partial charge >= 0.3 is 12.0 Å². The van der Waals surface area contributed by atoms with E-state index < -0.39 is 5.97 Å². The maximum absolute atomic E-state index is 11.9. The minimum atomic E-state index is -0.825. The molecule has 2 amide bonds. The number of hydrogen-bond donors (Lipinski definition) is 2. The Morgan fingerprint density at radius 3 is 2.88 bits per heavy atom. The summed E-state index contributed by atoms with van der Waals surface area (Å²) in [6.45, 7) is 5.48. The fraction of sp³-hybridized carbons (Fsp3) is 0.818. The Bertz CT molecular complexity index is 286. The quantitative estimate of drug-likeness (QED) is 0.801. The van der Waals surface area contributed by atoms with Gasteiger partial charge in [0.1, 0.15) is 0 Å². The Balaban J connectivity index is 2.29. The molecule has 6 heteroatoms. The summed E-state index contributed by atoms with van der Waals surface area (Å²) in [7, 11) is 0. The Morgan fingerprint density at radius 1 is 1.59 bits per heavy atom. The highest BCUT2D eigenvalue weighted by Crippen LogP contribution is 2.17. The van der Waals surface area contributed by atoms with Crippen LogP contribution in [0.1, 0.15) is 26.7 Å². The van der Waals surface area contributed by atoms with Crippen LogP contribution in [0.2, 0.25) is 0 Å². The van der Waals surface area contributed by atoms with E-state index in [9.17, 15) is 9.59 Å². The molecule has 0 aromatic heterocycles. The van der Waals surface area contributed by atoms with Crippen molar-refractivity contribution in [1.29, 1.82) is 0 Å². The van der Waals surface area contributed by atoms with E-state index in [0.29, 0.717) is 11.7 Å². The zero-order valence-electron chi connectivity index (χ0n) is 10.3. The van der Waals surface area contributed by atoms with Gasteiger partial charge < -0.3 is 15.3 Å². The molecule has 1 saturated heterocycles.